The number of rotatable bonds is 1. The molecule has 0 heterocycles. The van der Waals surface area contributed by atoms with E-state index in [1.165, 1.54) is 0 Å². The van der Waals surface area contributed by atoms with Crippen LogP contribution in [0.15, 0.2) is 18.2 Å². The van der Waals surface area contributed by atoms with Crippen LogP contribution in [-0.4, -0.2) is 6.18 Å². The van der Waals surface area contributed by atoms with E-state index in [1.54, 1.807) is 0 Å². The van der Waals surface area contributed by atoms with Crippen molar-refractivity contribution in [3.63, 3.8) is 0 Å². The Labute approximate surface area is 91.0 Å². The number of alkyl halides is 6. The highest BCUT2D eigenvalue weighted by Crippen LogP contribution is 2.39. The lowest BCUT2D eigenvalue weighted by Gasteiger charge is -2.20. The molecule has 17 heavy (non-hydrogen) atoms. The van der Waals surface area contributed by atoms with Crippen LogP contribution in [0, 0.1) is 5.82 Å². The highest BCUT2D eigenvalue weighted by atomic mass is 19.4. The minimum absolute atomic E-state index is 0.140. The summed E-state index contributed by atoms with van der Waals surface area (Å²) in [7, 11) is 0. The number of hydrogen-bond acceptors (Lipinski definition) is 1. The molecule has 1 rings (SSSR count). The van der Waals surface area contributed by atoms with Gasteiger partial charge in [-0.3, -0.25) is 0 Å². The summed E-state index contributed by atoms with van der Waals surface area (Å²) in [5.41, 5.74) is 1.72. The number of benzene rings is 1. The molecular formula is C9H6F7N. The second kappa shape index (κ2) is 4.17. The van der Waals surface area contributed by atoms with Crippen molar-refractivity contribution in [2.24, 2.45) is 5.73 Å². The summed E-state index contributed by atoms with van der Waals surface area (Å²) < 4.78 is 86.5. The second-order valence-electron chi connectivity index (χ2n) is 3.25. The third-order valence-electron chi connectivity index (χ3n) is 2.01. The van der Waals surface area contributed by atoms with Crippen LogP contribution in [0.5, 0.6) is 0 Å². The quantitative estimate of drug-likeness (QED) is 0.770. The first-order valence-electron chi connectivity index (χ1n) is 4.22. The van der Waals surface area contributed by atoms with Crippen LogP contribution in [0.1, 0.15) is 17.2 Å². The molecule has 0 saturated heterocycles. The van der Waals surface area contributed by atoms with E-state index in [0.717, 1.165) is 0 Å². The molecule has 0 bridgehead atoms. The fourth-order valence-electron chi connectivity index (χ4n) is 1.23. The molecule has 2 N–H and O–H groups in total. The summed E-state index contributed by atoms with van der Waals surface area (Å²) in [5.74, 6) is -1.22. The Morgan fingerprint density at radius 2 is 1.53 bits per heavy atom. The lowest BCUT2D eigenvalue weighted by Crippen LogP contribution is -2.30. The van der Waals surface area contributed by atoms with Crippen LogP contribution in [0.25, 0.3) is 0 Å². The predicted molar refractivity (Wildman–Crippen MR) is 44.4 cm³/mol. The topological polar surface area (TPSA) is 26.0 Å². The van der Waals surface area contributed by atoms with Crippen LogP contribution >= 0.6 is 0 Å². The number of halogens is 7. The van der Waals surface area contributed by atoms with Gasteiger partial charge in [-0.15, -0.1) is 0 Å². The predicted octanol–water partition coefficient (Wildman–Crippen LogP) is 3.41. The van der Waals surface area contributed by atoms with E-state index in [-0.39, 0.29) is 12.1 Å². The van der Waals surface area contributed by atoms with Gasteiger partial charge in [-0.05, 0) is 23.8 Å². The Balaban J connectivity index is 3.35. The minimum Gasteiger partial charge on any atom is -0.316 e. The molecule has 1 aromatic carbocycles. The van der Waals surface area contributed by atoms with E-state index < -0.39 is 35.3 Å². The van der Waals surface area contributed by atoms with Gasteiger partial charge >= 0.3 is 12.4 Å². The summed E-state index contributed by atoms with van der Waals surface area (Å²) in [5, 5.41) is 0. The van der Waals surface area contributed by atoms with Crippen molar-refractivity contribution in [1.29, 1.82) is 0 Å². The van der Waals surface area contributed by atoms with Crippen molar-refractivity contribution in [1.82, 2.24) is 0 Å². The third-order valence-corrected chi connectivity index (χ3v) is 2.01. The van der Waals surface area contributed by atoms with Gasteiger partial charge in [-0.2, -0.15) is 26.3 Å². The van der Waals surface area contributed by atoms with Gasteiger partial charge in [0.2, 0.25) is 0 Å². The van der Waals surface area contributed by atoms with Crippen LogP contribution in [0.4, 0.5) is 30.7 Å². The van der Waals surface area contributed by atoms with Crippen molar-refractivity contribution in [3.8, 4) is 0 Å². The van der Waals surface area contributed by atoms with Gasteiger partial charge in [-0.25, -0.2) is 4.39 Å². The van der Waals surface area contributed by atoms with E-state index in [1.807, 2.05) is 0 Å². The van der Waals surface area contributed by atoms with E-state index in [4.69, 9.17) is 0 Å². The van der Waals surface area contributed by atoms with Crippen molar-refractivity contribution >= 4 is 0 Å². The van der Waals surface area contributed by atoms with Crippen molar-refractivity contribution in [2.75, 3.05) is 0 Å². The molecule has 0 saturated carbocycles. The average Bonchev–Trinajstić information content (AvgIpc) is 2.13. The third kappa shape index (κ3) is 3.09. The number of hydrogen-bond donors (Lipinski definition) is 1. The highest BCUT2D eigenvalue weighted by Gasteiger charge is 2.43. The molecule has 8 heteroatoms. The average molecular weight is 261 g/mol. The molecule has 0 aliphatic heterocycles. The van der Waals surface area contributed by atoms with Crippen molar-refractivity contribution in [3.05, 3.63) is 35.1 Å². The van der Waals surface area contributed by atoms with Gasteiger partial charge in [0.15, 0.2) is 0 Å². The maximum atomic E-state index is 12.7. The fourth-order valence-corrected chi connectivity index (χ4v) is 1.23. The Kier molecular flexibility index (Phi) is 3.37. The molecule has 0 aliphatic carbocycles. The normalized spacial score (nSPS) is 14.8. The van der Waals surface area contributed by atoms with Gasteiger partial charge in [-0.1, -0.05) is 0 Å². The molecule has 0 spiro atoms. The van der Waals surface area contributed by atoms with Gasteiger partial charge in [0.1, 0.15) is 11.9 Å². The highest BCUT2D eigenvalue weighted by molar-refractivity contribution is 5.33. The summed E-state index contributed by atoms with van der Waals surface area (Å²) in [6.45, 7) is 0. The molecule has 1 atom stereocenters. The zero-order valence-corrected chi connectivity index (χ0v) is 8.03. The molecule has 0 fully saturated rings. The fraction of sp³-hybridized carbons (Fsp3) is 0.333. The molecule has 1 aromatic rings. The van der Waals surface area contributed by atoms with Gasteiger partial charge in [0.25, 0.3) is 0 Å². The molecule has 0 unspecified atom stereocenters. The monoisotopic (exact) mass is 261 g/mol. The summed E-state index contributed by atoms with van der Waals surface area (Å²) in [6, 6.07) is -2.08. The molecule has 0 aliphatic rings. The lowest BCUT2D eigenvalue weighted by atomic mass is 10.00. The summed E-state index contributed by atoms with van der Waals surface area (Å²) in [4.78, 5) is 0. The molecular weight excluding hydrogens is 255 g/mol. The van der Waals surface area contributed by atoms with Gasteiger partial charge in [0, 0.05) is 0 Å². The standard InChI is InChI=1S/C9H6F7N/c10-4-1-2-6(8(11,12)13)5(3-4)7(17)9(14,15)16/h1-3,7H,17H2/t7-/m1/s1. The van der Waals surface area contributed by atoms with E-state index in [2.05, 4.69) is 5.73 Å². The van der Waals surface area contributed by atoms with E-state index >= 15 is 0 Å². The Bertz CT molecular complexity index is 407. The van der Waals surface area contributed by atoms with E-state index in [0.29, 0.717) is 6.07 Å². The van der Waals surface area contributed by atoms with Crippen LogP contribution < -0.4 is 5.73 Å². The molecule has 96 valence electrons. The molecule has 0 aromatic heterocycles. The summed E-state index contributed by atoms with van der Waals surface area (Å²) >= 11 is 0. The molecule has 1 nitrogen and oxygen atoms in total. The lowest BCUT2D eigenvalue weighted by molar-refractivity contribution is -0.155. The zero-order valence-electron chi connectivity index (χ0n) is 8.03. The van der Waals surface area contributed by atoms with Gasteiger partial charge < -0.3 is 5.73 Å². The SMILES string of the molecule is N[C@H](c1cc(F)ccc1C(F)(F)F)C(F)(F)F. The Hall–Kier alpha value is -1.31. The second-order valence-corrected chi connectivity index (χ2v) is 3.25. The maximum absolute atomic E-state index is 12.7. The smallest absolute Gasteiger partial charge is 0.316 e. The Morgan fingerprint density at radius 3 is 1.94 bits per heavy atom. The largest absolute Gasteiger partial charge is 0.416 e. The first-order chi connectivity index (χ1) is 7.53. The number of nitrogens with two attached hydrogens (primary N) is 1. The zero-order chi connectivity index (χ0) is 13.4. The maximum Gasteiger partial charge on any atom is 0.416 e. The van der Waals surface area contributed by atoms with Gasteiger partial charge in [0.05, 0.1) is 5.56 Å². The van der Waals surface area contributed by atoms with Crippen molar-refractivity contribution < 1.29 is 30.7 Å². The first-order valence-corrected chi connectivity index (χ1v) is 4.22. The van der Waals surface area contributed by atoms with Crippen LogP contribution in [0.3, 0.4) is 0 Å². The van der Waals surface area contributed by atoms with E-state index in [9.17, 15) is 30.7 Å². The Morgan fingerprint density at radius 1 is 1.00 bits per heavy atom. The molecule has 0 amide bonds. The van der Waals surface area contributed by atoms with Crippen LogP contribution in [0.2, 0.25) is 0 Å². The van der Waals surface area contributed by atoms with Crippen molar-refractivity contribution in [2.45, 2.75) is 18.4 Å². The molecule has 0 radical (unpaired) electrons. The first kappa shape index (κ1) is 13.8. The summed E-state index contributed by atoms with van der Waals surface area (Å²) in [6.07, 6.45) is -10.1. The van der Waals surface area contributed by atoms with Crippen LogP contribution in [-0.2, 0) is 6.18 Å². The minimum atomic E-state index is -5.08.